The zero-order valence-electron chi connectivity index (χ0n) is 23.8. The van der Waals surface area contributed by atoms with E-state index in [1.54, 1.807) is 7.11 Å². The first kappa shape index (κ1) is 26.9. The fraction of sp³-hybridized carbons (Fsp3) is 0.333. The van der Waals surface area contributed by atoms with Crippen molar-refractivity contribution in [1.82, 2.24) is 14.3 Å². The molecular formula is C33H35N3O5. The van der Waals surface area contributed by atoms with Crippen molar-refractivity contribution in [2.75, 3.05) is 20.3 Å². The number of benzene rings is 3. The summed E-state index contributed by atoms with van der Waals surface area (Å²) in [4.78, 5) is 12.9. The van der Waals surface area contributed by atoms with Crippen LogP contribution in [0.4, 0.5) is 0 Å². The molecule has 0 saturated heterocycles. The molecule has 1 aliphatic rings. The van der Waals surface area contributed by atoms with Gasteiger partial charge in [-0.15, -0.1) is 0 Å². The van der Waals surface area contributed by atoms with Gasteiger partial charge in [0, 0.05) is 36.5 Å². The second kappa shape index (κ2) is 11.3. The number of aryl methyl sites for hydroxylation is 4. The molecule has 5 aromatic rings. The monoisotopic (exact) mass is 553 g/mol. The Kier molecular flexibility index (Phi) is 7.41. The molecule has 0 amide bonds. The molecule has 0 atom stereocenters. The predicted molar refractivity (Wildman–Crippen MR) is 159 cm³/mol. The molecule has 6 rings (SSSR count). The Balaban J connectivity index is 1.44. The largest absolute Gasteiger partial charge is 0.496 e. The van der Waals surface area contributed by atoms with E-state index in [0.29, 0.717) is 50.7 Å². The maximum atomic E-state index is 12.9. The van der Waals surface area contributed by atoms with Crippen LogP contribution < -0.4 is 9.47 Å². The number of rotatable bonds is 7. The van der Waals surface area contributed by atoms with Gasteiger partial charge in [-0.3, -0.25) is 4.68 Å². The quantitative estimate of drug-likeness (QED) is 0.231. The van der Waals surface area contributed by atoms with Crippen LogP contribution in [-0.4, -0.2) is 45.7 Å². The lowest BCUT2D eigenvalue weighted by Gasteiger charge is -2.15. The standard InChI is InChI=1S/C33H35N3O5/c1-21-29-26(35(2)34-21)20-40-18-7-6-17-36-31-25(15-16-28(39-3)30(29)31)24(32(36)33(37)38)13-9-19-41-27-14-8-11-22-10-4-5-12-23(22)27/h4-5,8,10-12,14-16H,6-7,9,13,17-20H2,1-3H3,(H,37,38). The molecule has 8 heteroatoms. The maximum absolute atomic E-state index is 12.9. The smallest absolute Gasteiger partial charge is 0.352 e. The van der Waals surface area contributed by atoms with Gasteiger partial charge in [0.1, 0.15) is 17.2 Å². The molecule has 2 aromatic heterocycles. The third-order valence-electron chi connectivity index (χ3n) is 8.04. The van der Waals surface area contributed by atoms with Gasteiger partial charge >= 0.3 is 5.97 Å². The van der Waals surface area contributed by atoms with Gasteiger partial charge in [-0.1, -0.05) is 36.4 Å². The van der Waals surface area contributed by atoms with E-state index < -0.39 is 5.97 Å². The Morgan fingerprint density at radius 3 is 2.68 bits per heavy atom. The van der Waals surface area contributed by atoms with Gasteiger partial charge in [0.15, 0.2) is 0 Å². The van der Waals surface area contributed by atoms with Crippen LogP contribution in [-0.2, 0) is 31.4 Å². The van der Waals surface area contributed by atoms with E-state index in [1.807, 2.05) is 59.6 Å². The normalized spacial score (nSPS) is 13.6. The first-order chi connectivity index (χ1) is 20.0. The average molecular weight is 554 g/mol. The van der Waals surface area contributed by atoms with E-state index in [4.69, 9.17) is 19.3 Å². The molecule has 3 heterocycles. The van der Waals surface area contributed by atoms with Crippen LogP contribution in [0, 0.1) is 6.92 Å². The van der Waals surface area contributed by atoms with Gasteiger partial charge in [0.25, 0.3) is 0 Å². The first-order valence-electron chi connectivity index (χ1n) is 14.2. The van der Waals surface area contributed by atoms with E-state index in [2.05, 4.69) is 18.2 Å². The van der Waals surface area contributed by atoms with Gasteiger partial charge in [-0.2, -0.15) is 5.10 Å². The molecule has 0 fully saturated rings. The second-order valence-corrected chi connectivity index (χ2v) is 10.5. The van der Waals surface area contributed by atoms with E-state index in [9.17, 15) is 9.90 Å². The lowest BCUT2D eigenvalue weighted by molar-refractivity contribution is 0.0683. The molecule has 0 spiro atoms. The number of methoxy groups -OCH3 is 1. The fourth-order valence-electron chi connectivity index (χ4n) is 6.22. The van der Waals surface area contributed by atoms with E-state index >= 15 is 0 Å². The summed E-state index contributed by atoms with van der Waals surface area (Å²) in [5, 5.41) is 18.4. The molecule has 0 radical (unpaired) electrons. The molecule has 1 aliphatic heterocycles. The van der Waals surface area contributed by atoms with Gasteiger partial charge in [0.05, 0.1) is 42.8 Å². The topological polar surface area (TPSA) is 87.7 Å². The minimum atomic E-state index is -0.926. The van der Waals surface area contributed by atoms with Crippen molar-refractivity contribution >= 4 is 27.6 Å². The van der Waals surface area contributed by atoms with Gasteiger partial charge < -0.3 is 23.9 Å². The van der Waals surface area contributed by atoms with Crippen LogP contribution >= 0.6 is 0 Å². The lowest BCUT2D eigenvalue weighted by Crippen LogP contribution is -2.12. The summed E-state index contributed by atoms with van der Waals surface area (Å²) in [6, 6.07) is 18.2. The highest BCUT2D eigenvalue weighted by atomic mass is 16.5. The number of aromatic carboxylic acids is 1. The Labute approximate surface area is 239 Å². The average Bonchev–Trinajstić information content (AvgIpc) is 3.43. The second-order valence-electron chi connectivity index (χ2n) is 10.5. The summed E-state index contributed by atoms with van der Waals surface area (Å²) in [6.07, 6.45) is 2.88. The van der Waals surface area contributed by atoms with Crippen molar-refractivity contribution in [2.24, 2.45) is 7.05 Å². The summed E-state index contributed by atoms with van der Waals surface area (Å²) >= 11 is 0. The van der Waals surface area contributed by atoms with Crippen molar-refractivity contribution in [3.8, 4) is 22.6 Å². The number of nitrogens with zero attached hydrogens (tertiary/aromatic N) is 3. The van der Waals surface area contributed by atoms with E-state index in [1.165, 1.54) is 0 Å². The highest BCUT2D eigenvalue weighted by Gasteiger charge is 2.29. The lowest BCUT2D eigenvalue weighted by atomic mass is 9.97. The fourth-order valence-corrected chi connectivity index (χ4v) is 6.22. The number of hydrogen-bond acceptors (Lipinski definition) is 5. The zero-order valence-corrected chi connectivity index (χ0v) is 23.8. The number of hydrogen-bond donors (Lipinski definition) is 1. The molecule has 0 bridgehead atoms. The maximum Gasteiger partial charge on any atom is 0.352 e. The van der Waals surface area contributed by atoms with Crippen LogP contribution in [0.2, 0.25) is 0 Å². The highest BCUT2D eigenvalue weighted by Crippen LogP contribution is 2.44. The molecule has 212 valence electrons. The first-order valence-corrected chi connectivity index (χ1v) is 14.2. The number of carbonyl (C=O) groups is 1. The van der Waals surface area contributed by atoms with Gasteiger partial charge in [0.2, 0.25) is 0 Å². The molecule has 1 N–H and O–H groups in total. The van der Waals surface area contributed by atoms with E-state index in [0.717, 1.165) is 68.3 Å². The number of carboxylic acids is 1. The molecule has 0 aliphatic carbocycles. The van der Waals surface area contributed by atoms with Gasteiger partial charge in [-0.05, 0) is 61.8 Å². The van der Waals surface area contributed by atoms with E-state index in [-0.39, 0.29) is 0 Å². The Morgan fingerprint density at radius 2 is 1.85 bits per heavy atom. The number of ether oxygens (including phenoxy) is 3. The van der Waals surface area contributed by atoms with Crippen LogP contribution in [0.1, 0.15) is 46.7 Å². The van der Waals surface area contributed by atoms with Crippen molar-refractivity contribution in [3.05, 3.63) is 77.2 Å². The third-order valence-corrected chi connectivity index (χ3v) is 8.04. The third kappa shape index (κ3) is 4.82. The summed E-state index contributed by atoms with van der Waals surface area (Å²) in [5.41, 5.74) is 5.66. The summed E-state index contributed by atoms with van der Waals surface area (Å²) < 4.78 is 22.0. The summed E-state index contributed by atoms with van der Waals surface area (Å²) in [6.45, 7) is 4.06. The van der Waals surface area contributed by atoms with Crippen LogP contribution in [0.5, 0.6) is 11.5 Å². The molecule has 8 nitrogen and oxygen atoms in total. The van der Waals surface area contributed by atoms with Crippen LogP contribution in [0.15, 0.2) is 54.6 Å². The van der Waals surface area contributed by atoms with Gasteiger partial charge in [-0.25, -0.2) is 4.79 Å². The number of aromatic nitrogens is 3. The predicted octanol–water partition coefficient (Wildman–Crippen LogP) is 6.53. The number of carboxylic acid groups (broad SMARTS) is 1. The Hall–Kier alpha value is -4.30. The summed E-state index contributed by atoms with van der Waals surface area (Å²) in [5.74, 6) is 0.605. The molecule has 0 unspecified atom stereocenters. The number of fused-ring (bicyclic) bond motifs is 3. The van der Waals surface area contributed by atoms with Crippen molar-refractivity contribution in [2.45, 2.75) is 45.8 Å². The highest BCUT2D eigenvalue weighted by molar-refractivity contribution is 6.06. The molecular weight excluding hydrogens is 518 g/mol. The van der Waals surface area contributed by atoms with Crippen molar-refractivity contribution < 1.29 is 24.1 Å². The summed E-state index contributed by atoms with van der Waals surface area (Å²) in [7, 11) is 3.58. The Morgan fingerprint density at radius 1 is 1.02 bits per heavy atom. The van der Waals surface area contributed by atoms with Crippen molar-refractivity contribution in [1.29, 1.82) is 0 Å². The SMILES string of the molecule is COc1ccc2c(CCCOc3cccc4ccccc34)c(C(=O)O)n3c2c1-c1c(C)nn(C)c1COCCCC3. The molecule has 3 aromatic carbocycles. The minimum Gasteiger partial charge on any atom is -0.496 e. The van der Waals surface area contributed by atoms with Crippen LogP contribution in [0.25, 0.3) is 32.8 Å². The zero-order chi connectivity index (χ0) is 28.5. The van der Waals surface area contributed by atoms with Crippen LogP contribution in [0.3, 0.4) is 0 Å². The van der Waals surface area contributed by atoms with Crippen molar-refractivity contribution in [3.63, 3.8) is 0 Å². The Bertz CT molecular complexity index is 1740. The molecule has 0 saturated carbocycles. The minimum absolute atomic E-state index is 0.336. The molecule has 41 heavy (non-hydrogen) atoms.